The van der Waals surface area contributed by atoms with Crippen molar-refractivity contribution >= 4 is 16.9 Å². The first-order chi connectivity index (χ1) is 12.1. The highest BCUT2D eigenvalue weighted by molar-refractivity contribution is 6.05. The molecule has 0 bridgehead atoms. The van der Waals surface area contributed by atoms with Crippen LogP contribution in [0.25, 0.3) is 11.0 Å². The first-order valence-electron chi connectivity index (χ1n) is 8.65. The van der Waals surface area contributed by atoms with Crippen LogP contribution in [0.1, 0.15) is 41.7 Å². The van der Waals surface area contributed by atoms with E-state index in [9.17, 15) is 14.4 Å². The molecule has 0 unspecified atom stereocenters. The third-order valence-electron chi connectivity index (χ3n) is 4.81. The molecule has 0 atom stereocenters. The number of ether oxygens (including phenoxy) is 1. The summed E-state index contributed by atoms with van der Waals surface area (Å²) in [7, 11) is 0. The van der Waals surface area contributed by atoms with Crippen molar-refractivity contribution in [3.63, 3.8) is 0 Å². The third kappa shape index (κ3) is 2.76. The number of H-pyrrole nitrogens is 1. The molecule has 2 aliphatic rings. The number of nitrogens with one attached hydrogen (secondary N) is 1. The van der Waals surface area contributed by atoms with E-state index in [-0.39, 0.29) is 11.3 Å². The normalized spacial score (nSPS) is 17.9. The lowest BCUT2D eigenvalue weighted by Crippen LogP contribution is -2.41. The smallest absolute Gasteiger partial charge is 0.329 e. The number of carbonyl (C=O) groups excluding carboxylic acids is 1. The maximum atomic E-state index is 13.0. The van der Waals surface area contributed by atoms with E-state index in [1.807, 2.05) is 6.92 Å². The molecule has 4 rings (SSSR count). The summed E-state index contributed by atoms with van der Waals surface area (Å²) in [6, 6.07) is 1.73. The van der Waals surface area contributed by atoms with Crippen molar-refractivity contribution in [3.8, 4) is 0 Å². The summed E-state index contributed by atoms with van der Waals surface area (Å²) in [5, 5.41) is 0.197. The Morgan fingerprint density at radius 3 is 2.68 bits per heavy atom. The van der Waals surface area contributed by atoms with Gasteiger partial charge in [-0.3, -0.25) is 19.1 Å². The Balaban J connectivity index is 1.96. The van der Waals surface area contributed by atoms with Gasteiger partial charge >= 0.3 is 5.69 Å². The van der Waals surface area contributed by atoms with Crippen LogP contribution in [0, 0.1) is 0 Å². The number of fused-ring (bicyclic) bond motifs is 1. The molecular weight excluding hydrogens is 324 g/mol. The van der Waals surface area contributed by atoms with Crippen molar-refractivity contribution in [1.29, 1.82) is 0 Å². The van der Waals surface area contributed by atoms with Gasteiger partial charge in [0, 0.05) is 31.2 Å². The zero-order valence-electron chi connectivity index (χ0n) is 14.1. The van der Waals surface area contributed by atoms with Crippen LogP contribution in [0.3, 0.4) is 0 Å². The molecule has 3 heterocycles. The number of hydrogen-bond acceptors (Lipinski definition) is 5. The Morgan fingerprint density at radius 2 is 2.04 bits per heavy atom. The van der Waals surface area contributed by atoms with Gasteiger partial charge in [-0.05, 0) is 25.8 Å². The van der Waals surface area contributed by atoms with Crippen LogP contribution in [-0.4, -0.2) is 51.6 Å². The molecule has 1 amide bonds. The molecule has 2 fully saturated rings. The van der Waals surface area contributed by atoms with Crippen LogP contribution in [0.2, 0.25) is 0 Å². The Labute approximate surface area is 143 Å². The van der Waals surface area contributed by atoms with E-state index in [0.29, 0.717) is 50.0 Å². The fourth-order valence-corrected chi connectivity index (χ4v) is 3.28. The van der Waals surface area contributed by atoms with Gasteiger partial charge in [-0.15, -0.1) is 0 Å². The van der Waals surface area contributed by atoms with Crippen LogP contribution in [0.5, 0.6) is 0 Å². The van der Waals surface area contributed by atoms with Crippen LogP contribution < -0.4 is 11.2 Å². The number of aromatic amines is 1. The Hall–Kier alpha value is -2.48. The molecule has 0 aromatic carbocycles. The Kier molecular flexibility index (Phi) is 3.91. The summed E-state index contributed by atoms with van der Waals surface area (Å²) >= 11 is 0. The second-order valence-corrected chi connectivity index (χ2v) is 6.48. The van der Waals surface area contributed by atoms with E-state index in [4.69, 9.17) is 4.74 Å². The Morgan fingerprint density at radius 1 is 1.32 bits per heavy atom. The van der Waals surface area contributed by atoms with E-state index >= 15 is 0 Å². The minimum atomic E-state index is -0.559. The molecule has 0 spiro atoms. The number of aromatic nitrogens is 3. The third-order valence-corrected chi connectivity index (χ3v) is 4.81. The maximum absolute atomic E-state index is 13.0. The van der Waals surface area contributed by atoms with Gasteiger partial charge in [-0.2, -0.15) is 0 Å². The number of hydrogen-bond donors (Lipinski definition) is 1. The van der Waals surface area contributed by atoms with E-state index in [0.717, 1.165) is 18.5 Å². The van der Waals surface area contributed by atoms with Crippen molar-refractivity contribution in [2.24, 2.45) is 0 Å². The standard InChI is InChI=1S/C17H20N4O4/c1-2-21-14-13(15(22)19-17(21)24)11(9-12(18-14)10-3-4-10)16(23)20-5-7-25-8-6-20/h9-10H,2-8H2,1H3,(H,19,22,24). The number of morpholine rings is 1. The largest absolute Gasteiger partial charge is 0.378 e. The number of rotatable bonds is 3. The van der Waals surface area contributed by atoms with Crippen molar-refractivity contribution < 1.29 is 9.53 Å². The number of pyridine rings is 1. The Bertz CT molecular complexity index is 951. The number of aryl methyl sites for hydroxylation is 1. The zero-order valence-corrected chi connectivity index (χ0v) is 14.1. The average Bonchev–Trinajstić information content (AvgIpc) is 3.46. The second kappa shape index (κ2) is 6.11. The predicted molar refractivity (Wildman–Crippen MR) is 91.0 cm³/mol. The van der Waals surface area contributed by atoms with Crippen molar-refractivity contribution in [2.75, 3.05) is 26.3 Å². The number of amides is 1. The van der Waals surface area contributed by atoms with Crippen molar-refractivity contribution in [1.82, 2.24) is 19.4 Å². The fraction of sp³-hybridized carbons (Fsp3) is 0.529. The maximum Gasteiger partial charge on any atom is 0.329 e. The molecule has 25 heavy (non-hydrogen) atoms. The number of nitrogens with zero attached hydrogens (tertiary/aromatic N) is 3. The minimum Gasteiger partial charge on any atom is -0.378 e. The second-order valence-electron chi connectivity index (χ2n) is 6.48. The highest BCUT2D eigenvalue weighted by Gasteiger charge is 2.30. The quantitative estimate of drug-likeness (QED) is 0.872. The topological polar surface area (TPSA) is 97.3 Å². The average molecular weight is 344 g/mol. The lowest BCUT2D eigenvalue weighted by molar-refractivity contribution is 0.0304. The van der Waals surface area contributed by atoms with E-state index in [1.54, 1.807) is 11.0 Å². The fourth-order valence-electron chi connectivity index (χ4n) is 3.28. The molecule has 1 saturated heterocycles. The summed E-state index contributed by atoms with van der Waals surface area (Å²) in [5.74, 6) is 0.102. The molecule has 1 saturated carbocycles. The first kappa shape index (κ1) is 16.0. The monoisotopic (exact) mass is 344 g/mol. The summed E-state index contributed by atoms with van der Waals surface area (Å²) < 4.78 is 6.72. The van der Waals surface area contributed by atoms with E-state index < -0.39 is 11.2 Å². The highest BCUT2D eigenvalue weighted by Crippen LogP contribution is 2.40. The van der Waals surface area contributed by atoms with Gasteiger partial charge in [0.2, 0.25) is 0 Å². The summed E-state index contributed by atoms with van der Waals surface area (Å²) in [4.78, 5) is 46.2. The molecular formula is C17H20N4O4. The molecule has 2 aromatic rings. The van der Waals surface area contributed by atoms with Gasteiger partial charge in [0.15, 0.2) is 5.65 Å². The molecule has 1 aliphatic heterocycles. The number of carbonyl (C=O) groups is 1. The van der Waals surface area contributed by atoms with Crippen LogP contribution >= 0.6 is 0 Å². The van der Waals surface area contributed by atoms with Gasteiger partial charge in [0.25, 0.3) is 11.5 Å². The van der Waals surface area contributed by atoms with Crippen molar-refractivity contribution in [3.05, 3.63) is 38.2 Å². The van der Waals surface area contributed by atoms with Crippen molar-refractivity contribution in [2.45, 2.75) is 32.2 Å². The molecule has 8 heteroatoms. The molecule has 1 aliphatic carbocycles. The minimum absolute atomic E-state index is 0.197. The van der Waals surface area contributed by atoms with E-state index in [2.05, 4.69) is 9.97 Å². The molecule has 1 N–H and O–H groups in total. The lowest BCUT2D eigenvalue weighted by Gasteiger charge is -2.27. The lowest BCUT2D eigenvalue weighted by atomic mass is 10.1. The van der Waals surface area contributed by atoms with Crippen LogP contribution in [0.4, 0.5) is 0 Å². The highest BCUT2D eigenvalue weighted by atomic mass is 16.5. The van der Waals surface area contributed by atoms with Gasteiger partial charge < -0.3 is 9.64 Å². The van der Waals surface area contributed by atoms with Gasteiger partial charge in [0.05, 0.1) is 24.2 Å². The summed E-state index contributed by atoms with van der Waals surface area (Å²) in [6.07, 6.45) is 2.03. The predicted octanol–water partition coefficient (Wildman–Crippen LogP) is 0.455. The van der Waals surface area contributed by atoms with E-state index in [1.165, 1.54) is 4.57 Å². The molecule has 132 valence electrons. The summed E-state index contributed by atoms with van der Waals surface area (Å²) in [6.45, 7) is 4.15. The molecule has 0 radical (unpaired) electrons. The molecule has 8 nitrogen and oxygen atoms in total. The van der Waals surface area contributed by atoms with Gasteiger partial charge in [-0.1, -0.05) is 0 Å². The summed E-state index contributed by atoms with van der Waals surface area (Å²) in [5.41, 5.74) is 0.368. The zero-order chi connectivity index (χ0) is 17.6. The molecule has 2 aromatic heterocycles. The van der Waals surface area contributed by atoms with Gasteiger partial charge in [0.1, 0.15) is 0 Å². The van der Waals surface area contributed by atoms with Crippen LogP contribution in [0.15, 0.2) is 15.7 Å². The van der Waals surface area contributed by atoms with Gasteiger partial charge in [-0.25, -0.2) is 9.78 Å². The first-order valence-corrected chi connectivity index (χ1v) is 8.65. The SMILES string of the molecule is CCn1c(=O)[nH]c(=O)c2c(C(=O)N3CCOCC3)cc(C3CC3)nc21. The van der Waals surface area contributed by atoms with Crippen LogP contribution in [-0.2, 0) is 11.3 Å².